The zero-order valence-electron chi connectivity index (χ0n) is 14.2. The number of hydrogen-bond acceptors (Lipinski definition) is 2. The summed E-state index contributed by atoms with van der Waals surface area (Å²) in [5.41, 5.74) is 3.72. The summed E-state index contributed by atoms with van der Waals surface area (Å²) >= 11 is 0. The van der Waals surface area contributed by atoms with Gasteiger partial charge in [0.25, 0.3) is 0 Å². The van der Waals surface area contributed by atoms with E-state index in [1.165, 1.54) is 16.7 Å². The summed E-state index contributed by atoms with van der Waals surface area (Å²) < 4.78 is 0. The van der Waals surface area contributed by atoms with Crippen LogP contribution in [0.3, 0.4) is 0 Å². The molecule has 0 aliphatic carbocycles. The van der Waals surface area contributed by atoms with Gasteiger partial charge in [0.1, 0.15) is 0 Å². The molecule has 0 aromatic heterocycles. The fourth-order valence-electron chi connectivity index (χ4n) is 4.31. The largest absolute Gasteiger partial charge is 0.327 e. The predicted octanol–water partition coefficient (Wildman–Crippen LogP) is 3.54. The number of amides is 1. The maximum atomic E-state index is 12.9. The molecular weight excluding hydrogens is 296 g/mol. The first-order chi connectivity index (χ1) is 11.7. The van der Waals surface area contributed by atoms with Crippen molar-refractivity contribution in [3.8, 4) is 0 Å². The first-order valence-electron chi connectivity index (χ1n) is 8.88. The molecule has 0 N–H and O–H groups in total. The van der Waals surface area contributed by atoms with Gasteiger partial charge in [-0.2, -0.15) is 0 Å². The molecule has 1 saturated heterocycles. The summed E-state index contributed by atoms with van der Waals surface area (Å²) in [5, 5.41) is 0. The monoisotopic (exact) mass is 320 g/mol. The van der Waals surface area contributed by atoms with Crippen LogP contribution in [0.5, 0.6) is 0 Å². The van der Waals surface area contributed by atoms with Crippen molar-refractivity contribution in [1.29, 1.82) is 0 Å². The standard InChI is InChI=1S/C21H24N2O/c1-2-20(24)23-15-18-9-7-6-8-17(18)14-22-13-12-21(23,16-22)19-10-4-3-5-11-19/h3-11H,2,12-16H2,1H3/t21-/m0/s1. The first-order valence-corrected chi connectivity index (χ1v) is 8.88. The number of fused-ring (bicyclic) bond motifs is 3. The van der Waals surface area contributed by atoms with E-state index >= 15 is 0 Å². The van der Waals surface area contributed by atoms with Crippen LogP contribution in [0, 0.1) is 0 Å². The highest BCUT2D eigenvalue weighted by atomic mass is 16.2. The Morgan fingerprint density at radius 2 is 1.67 bits per heavy atom. The SMILES string of the molecule is CCC(=O)N1Cc2ccccc2CN2CC[C@@]1(c1ccccc1)C2. The maximum absolute atomic E-state index is 12.9. The molecule has 1 unspecified atom stereocenters. The van der Waals surface area contributed by atoms with Crippen LogP contribution in [0.1, 0.15) is 36.5 Å². The van der Waals surface area contributed by atoms with Gasteiger partial charge in [0, 0.05) is 32.6 Å². The molecule has 0 spiro atoms. The average Bonchev–Trinajstić information content (AvgIpc) is 3.06. The Kier molecular flexibility index (Phi) is 3.89. The summed E-state index contributed by atoms with van der Waals surface area (Å²) in [7, 11) is 0. The van der Waals surface area contributed by atoms with Crippen LogP contribution in [0.15, 0.2) is 54.6 Å². The van der Waals surface area contributed by atoms with E-state index in [4.69, 9.17) is 0 Å². The molecular formula is C21H24N2O. The van der Waals surface area contributed by atoms with Gasteiger partial charge in [0.05, 0.1) is 5.54 Å². The van der Waals surface area contributed by atoms with Crippen molar-refractivity contribution < 1.29 is 4.79 Å². The van der Waals surface area contributed by atoms with Gasteiger partial charge >= 0.3 is 0 Å². The molecule has 124 valence electrons. The van der Waals surface area contributed by atoms with Crippen LogP contribution in [-0.2, 0) is 23.4 Å². The third kappa shape index (κ3) is 2.44. The molecule has 2 atom stereocenters. The third-order valence-corrected chi connectivity index (χ3v) is 5.60. The van der Waals surface area contributed by atoms with E-state index in [1.807, 2.05) is 6.92 Å². The van der Waals surface area contributed by atoms with Gasteiger partial charge in [0.2, 0.25) is 5.91 Å². The lowest BCUT2D eigenvalue weighted by atomic mass is 9.85. The van der Waals surface area contributed by atoms with Gasteiger partial charge in [-0.1, -0.05) is 61.5 Å². The fraction of sp³-hybridized carbons (Fsp3) is 0.381. The smallest absolute Gasteiger partial charge is 0.223 e. The Labute approximate surface area is 143 Å². The van der Waals surface area contributed by atoms with Crippen molar-refractivity contribution >= 4 is 5.91 Å². The molecule has 1 fully saturated rings. The number of carbonyl (C=O) groups excluding carboxylic acids is 1. The molecule has 2 aliphatic rings. The molecule has 3 nitrogen and oxygen atoms in total. The molecule has 0 saturated carbocycles. The number of carbonyl (C=O) groups is 1. The van der Waals surface area contributed by atoms with Crippen molar-refractivity contribution in [2.45, 2.75) is 38.4 Å². The minimum absolute atomic E-state index is 0.193. The van der Waals surface area contributed by atoms with Crippen molar-refractivity contribution in [3.63, 3.8) is 0 Å². The Balaban J connectivity index is 1.85. The quantitative estimate of drug-likeness (QED) is 0.845. The van der Waals surface area contributed by atoms with E-state index in [9.17, 15) is 4.79 Å². The molecule has 2 heterocycles. The highest BCUT2D eigenvalue weighted by molar-refractivity contribution is 5.77. The van der Waals surface area contributed by atoms with Gasteiger partial charge in [-0.05, 0) is 23.1 Å². The average molecular weight is 320 g/mol. The third-order valence-electron chi connectivity index (χ3n) is 5.60. The van der Waals surface area contributed by atoms with E-state index in [0.717, 1.165) is 26.1 Å². The predicted molar refractivity (Wildman–Crippen MR) is 95.3 cm³/mol. The maximum Gasteiger partial charge on any atom is 0.223 e. The van der Waals surface area contributed by atoms with Crippen molar-refractivity contribution in [1.82, 2.24) is 9.80 Å². The van der Waals surface area contributed by atoms with Crippen LogP contribution in [0.2, 0.25) is 0 Å². The minimum atomic E-state index is -0.193. The van der Waals surface area contributed by atoms with Crippen molar-refractivity contribution in [2.24, 2.45) is 0 Å². The normalized spacial score (nSPS) is 25.7. The van der Waals surface area contributed by atoms with Gasteiger partial charge in [-0.15, -0.1) is 0 Å². The van der Waals surface area contributed by atoms with E-state index < -0.39 is 0 Å². The van der Waals surface area contributed by atoms with E-state index in [1.54, 1.807) is 0 Å². The molecule has 2 aliphatic heterocycles. The second-order valence-electron chi connectivity index (χ2n) is 6.96. The molecule has 2 aromatic carbocycles. The van der Waals surface area contributed by atoms with E-state index in [0.29, 0.717) is 13.0 Å². The van der Waals surface area contributed by atoms with Crippen LogP contribution in [-0.4, -0.2) is 28.8 Å². The second-order valence-corrected chi connectivity index (χ2v) is 6.96. The molecule has 3 heteroatoms. The highest BCUT2D eigenvalue weighted by Crippen LogP contribution is 2.41. The molecule has 1 amide bonds. The van der Waals surface area contributed by atoms with Crippen molar-refractivity contribution in [2.75, 3.05) is 13.1 Å². The molecule has 4 rings (SSSR count). The number of nitrogens with zero attached hydrogens (tertiary/aromatic N) is 2. The van der Waals surface area contributed by atoms with E-state index in [-0.39, 0.29) is 11.4 Å². The van der Waals surface area contributed by atoms with Crippen LogP contribution < -0.4 is 0 Å². The molecule has 24 heavy (non-hydrogen) atoms. The van der Waals surface area contributed by atoms with Crippen LogP contribution >= 0.6 is 0 Å². The van der Waals surface area contributed by atoms with Crippen LogP contribution in [0.4, 0.5) is 0 Å². The molecule has 2 aromatic rings. The van der Waals surface area contributed by atoms with Gasteiger partial charge in [0.15, 0.2) is 0 Å². The topological polar surface area (TPSA) is 23.6 Å². The van der Waals surface area contributed by atoms with Crippen LogP contribution in [0.25, 0.3) is 0 Å². The highest BCUT2D eigenvalue weighted by Gasteiger charge is 2.47. The summed E-state index contributed by atoms with van der Waals surface area (Å²) in [4.78, 5) is 17.6. The fourth-order valence-corrected chi connectivity index (χ4v) is 4.31. The van der Waals surface area contributed by atoms with Crippen molar-refractivity contribution in [3.05, 3.63) is 71.3 Å². The lowest BCUT2D eigenvalue weighted by molar-refractivity contribution is -0.138. The van der Waals surface area contributed by atoms with Gasteiger partial charge in [-0.25, -0.2) is 0 Å². The zero-order chi connectivity index (χ0) is 16.6. The molecule has 2 bridgehead atoms. The second kappa shape index (κ2) is 6.06. The Hall–Kier alpha value is -2.13. The summed E-state index contributed by atoms with van der Waals surface area (Å²) in [6.07, 6.45) is 1.56. The van der Waals surface area contributed by atoms with Gasteiger partial charge in [-0.3, -0.25) is 9.69 Å². The first kappa shape index (κ1) is 15.4. The number of benzene rings is 2. The summed E-state index contributed by atoms with van der Waals surface area (Å²) in [6, 6.07) is 19.2. The minimum Gasteiger partial charge on any atom is -0.327 e. The number of hydrogen-bond donors (Lipinski definition) is 0. The lowest BCUT2D eigenvalue weighted by Crippen LogP contribution is -2.51. The lowest BCUT2D eigenvalue weighted by Gasteiger charge is -2.43. The number of rotatable bonds is 2. The van der Waals surface area contributed by atoms with Gasteiger partial charge < -0.3 is 4.90 Å². The Morgan fingerprint density at radius 3 is 2.38 bits per heavy atom. The van der Waals surface area contributed by atoms with E-state index in [2.05, 4.69) is 64.4 Å². The summed E-state index contributed by atoms with van der Waals surface area (Å²) in [6.45, 7) is 5.64. The zero-order valence-corrected chi connectivity index (χ0v) is 14.2. The Bertz CT molecular complexity index is 743. The summed E-state index contributed by atoms with van der Waals surface area (Å²) in [5.74, 6) is 0.248. The molecule has 0 radical (unpaired) electrons. The Morgan fingerprint density at radius 1 is 1.00 bits per heavy atom.